The Balaban J connectivity index is 2.42. The van der Waals surface area contributed by atoms with Gasteiger partial charge in [-0.1, -0.05) is 6.07 Å². The average Bonchev–Trinajstić information content (AvgIpc) is 2.27. The lowest BCUT2D eigenvalue weighted by Crippen LogP contribution is -2.27. The molecule has 82 valence electrons. The Morgan fingerprint density at radius 3 is 3.00 bits per heavy atom. The number of aliphatic hydroxyl groups excluding tert-OH is 1. The number of aliphatic hydroxyl groups is 1. The number of hydrogen-bond acceptors (Lipinski definition) is 3. The average molecular weight is 208 g/mol. The third-order valence-corrected chi connectivity index (χ3v) is 2.07. The molecule has 1 aromatic rings. The van der Waals surface area contributed by atoms with Gasteiger partial charge in [0.15, 0.2) is 0 Å². The zero-order chi connectivity index (χ0) is 11.1. The van der Waals surface area contributed by atoms with E-state index in [0.29, 0.717) is 12.8 Å². The number of hydrogen-bond donors (Lipinski definition) is 2. The minimum absolute atomic E-state index is 0.0470. The molecule has 1 heterocycles. The monoisotopic (exact) mass is 208 g/mol. The number of nitrogens with zero attached hydrogens (tertiary/aromatic N) is 1. The molecular formula is C11H16N2O2. The van der Waals surface area contributed by atoms with Crippen molar-refractivity contribution in [1.82, 2.24) is 10.3 Å². The molecule has 1 amide bonds. The van der Waals surface area contributed by atoms with E-state index in [1.165, 1.54) is 0 Å². The summed E-state index contributed by atoms with van der Waals surface area (Å²) in [6.07, 6.45) is 2.56. The maximum atomic E-state index is 11.3. The highest BCUT2D eigenvalue weighted by Gasteiger charge is 2.09. The Hall–Kier alpha value is -1.42. The first-order chi connectivity index (χ1) is 7.24. The Kier molecular flexibility index (Phi) is 4.77. The molecule has 0 saturated carbocycles. The second kappa shape index (κ2) is 6.14. The normalized spacial score (nSPS) is 12.1. The highest BCUT2D eigenvalue weighted by atomic mass is 16.3. The quantitative estimate of drug-likeness (QED) is 0.759. The minimum Gasteiger partial charge on any atom is -0.396 e. The van der Waals surface area contributed by atoms with Crippen molar-refractivity contribution < 1.29 is 9.90 Å². The molecule has 2 N–H and O–H groups in total. The van der Waals surface area contributed by atoms with E-state index in [0.717, 1.165) is 5.69 Å². The summed E-state index contributed by atoms with van der Waals surface area (Å²) in [4.78, 5) is 15.5. The molecule has 0 aliphatic carbocycles. The Morgan fingerprint density at radius 2 is 2.40 bits per heavy atom. The van der Waals surface area contributed by atoms with E-state index in [4.69, 9.17) is 5.11 Å². The number of carbonyl (C=O) groups excluding carboxylic acids is 1. The van der Waals surface area contributed by atoms with Crippen molar-refractivity contribution in [1.29, 1.82) is 0 Å². The van der Waals surface area contributed by atoms with Crippen molar-refractivity contribution in [2.75, 3.05) is 6.61 Å². The van der Waals surface area contributed by atoms with Gasteiger partial charge in [-0.15, -0.1) is 0 Å². The second-order valence-electron chi connectivity index (χ2n) is 3.37. The molecule has 0 spiro atoms. The summed E-state index contributed by atoms with van der Waals surface area (Å²) in [6, 6.07) is 5.51. The highest BCUT2D eigenvalue weighted by Crippen LogP contribution is 2.07. The molecule has 4 nitrogen and oxygen atoms in total. The zero-order valence-electron chi connectivity index (χ0n) is 8.81. The van der Waals surface area contributed by atoms with Gasteiger partial charge < -0.3 is 10.4 Å². The predicted molar refractivity (Wildman–Crippen MR) is 57.1 cm³/mol. The van der Waals surface area contributed by atoms with Crippen molar-refractivity contribution >= 4 is 5.91 Å². The van der Waals surface area contributed by atoms with Gasteiger partial charge in [0.25, 0.3) is 0 Å². The second-order valence-corrected chi connectivity index (χ2v) is 3.37. The maximum Gasteiger partial charge on any atom is 0.220 e. The van der Waals surface area contributed by atoms with Gasteiger partial charge in [-0.25, -0.2) is 0 Å². The van der Waals surface area contributed by atoms with Gasteiger partial charge in [0.2, 0.25) is 5.91 Å². The molecule has 0 aliphatic heterocycles. The molecule has 0 fully saturated rings. The van der Waals surface area contributed by atoms with Crippen LogP contribution in [0.2, 0.25) is 0 Å². The number of pyridine rings is 1. The van der Waals surface area contributed by atoms with Gasteiger partial charge in [0, 0.05) is 19.2 Å². The van der Waals surface area contributed by atoms with Crippen LogP contribution in [0.4, 0.5) is 0 Å². The standard InChI is InChI=1S/C11H16N2O2/c1-9(10-5-2-3-7-12-10)13-11(15)6-4-8-14/h2-3,5,7,9,14H,4,6,8H2,1H3,(H,13,15). The molecule has 4 heteroatoms. The SMILES string of the molecule is CC(NC(=O)CCCO)c1ccccn1. The molecule has 0 aromatic carbocycles. The summed E-state index contributed by atoms with van der Waals surface area (Å²) in [5, 5.41) is 11.4. The van der Waals surface area contributed by atoms with Crippen LogP contribution in [0.1, 0.15) is 31.5 Å². The Labute approximate surface area is 89.3 Å². The van der Waals surface area contributed by atoms with E-state index >= 15 is 0 Å². The molecule has 0 radical (unpaired) electrons. The predicted octanol–water partition coefficient (Wildman–Crippen LogP) is 1.03. The molecule has 1 atom stereocenters. The molecule has 15 heavy (non-hydrogen) atoms. The lowest BCUT2D eigenvalue weighted by molar-refractivity contribution is -0.122. The smallest absolute Gasteiger partial charge is 0.220 e. The maximum absolute atomic E-state index is 11.3. The van der Waals surface area contributed by atoms with Crippen LogP contribution in [0.15, 0.2) is 24.4 Å². The first kappa shape index (κ1) is 11.7. The lowest BCUT2D eigenvalue weighted by atomic mass is 10.2. The first-order valence-electron chi connectivity index (χ1n) is 5.05. The van der Waals surface area contributed by atoms with Crippen LogP contribution in [0.5, 0.6) is 0 Å². The lowest BCUT2D eigenvalue weighted by Gasteiger charge is -2.12. The van der Waals surface area contributed by atoms with Gasteiger partial charge in [0.1, 0.15) is 0 Å². The van der Waals surface area contributed by atoms with E-state index in [2.05, 4.69) is 10.3 Å². The summed E-state index contributed by atoms with van der Waals surface area (Å²) in [6.45, 7) is 1.94. The summed E-state index contributed by atoms with van der Waals surface area (Å²) < 4.78 is 0. The van der Waals surface area contributed by atoms with Gasteiger partial charge in [-0.2, -0.15) is 0 Å². The van der Waals surface area contributed by atoms with Crippen LogP contribution >= 0.6 is 0 Å². The van der Waals surface area contributed by atoms with E-state index in [1.54, 1.807) is 6.20 Å². The Bertz CT molecular complexity index is 301. The summed E-state index contributed by atoms with van der Waals surface area (Å²) >= 11 is 0. The summed E-state index contributed by atoms with van der Waals surface area (Å²) in [5.41, 5.74) is 0.842. The van der Waals surface area contributed by atoms with E-state index < -0.39 is 0 Å². The molecular weight excluding hydrogens is 192 g/mol. The molecule has 1 rings (SSSR count). The fourth-order valence-electron chi connectivity index (χ4n) is 1.26. The van der Waals surface area contributed by atoms with Crippen LogP contribution in [-0.4, -0.2) is 22.6 Å². The first-order valence-corrected chi connectivity index (χ1v) is 5.05. The fraction of sp³-hybridized carbons (Fsp3) is 0.455. The van der Waals surface area contributed by atoms with Crippen molar-refractivity contribution in [3.05, 3.63) is 30.1 Å². The molecule has 1 aromatic heterocycles. The van der Waals surface area contributed by atoms with Gasteiger partial charge in [-0.05, 0) is 25.5 Å². The van der Waals surface area contributed by atoms with Crippen LogP contribution in [-0.2, 0) is 4.79 Å². The third kappa shape index (κ3) is 4.08. The topological polar surface area (TPSA) is 62.2 Å². The van der Waals surface area contributed by atoms with E-state index in [1.807, 2.05) is 25.1 Å². The number of amides is 1. The molecule has 0 saturated heterocycles. The number of rotatable bonds is 5. The third-order valence-electron chi connectivity index (χ3n) is 2.07. The van der Waals surface area contributed by atoms with Crippen LogP contribution in [0, 0.1) is 0 Å². The van der Waals surface area contributed by atoms with Crippen molar-refractivity contribution in [3.63, 3.8) is 0 Å². The number of nitrogens with one attached hydrogen (secondary N) is 1. The zero-order valence-corrected chi connectivity index (χ0v) is 8.81. The highest BCUT2D eigenvalue weighted by molar-refractivity contribution is 5.76. The number of aromatic nitrogens is 1. The van der Waals surface area contributed by atoms with Crippen molar-refractivity contribution in [2.24, 2.45) is 0 Å². The summed E-state index contributed by atoms with van der Waals surface area (Å²) in [7, 11) is 0. The molecule has 0 aliphatic rings. The molecule has 1 unspecified atom stereocenters. The van der Waals surface area contributed by atoms with Crippen LogP contribution in [0.3, 0.4) is 0 Å². The Morgan fingerprint density at radius 1 is 1.60 bits per heavy atom. The van der Waals surface area contributed by atoms with Gasteiger partial charge >= 0.3 is 0 Å². The van der Waals surface area contributed by atoms with Gasteiger partial charge in [-0.3, -0.25) is 9.78 Å². The van der Waals surface area contributed by atoms with Crippen LogP contribution in [0.25, 0.3) is 0 Å². The van der Waals surface area contributed by atoms with Gasteiger partial charge in [0.05, 0.1) is 11.7 Å². The van der Waals surface area contributed by atoms with Crippen molar-refractivity contribution in [2.45, 2.75) is 25.8 Å². The minimum atomic E-state index is -0.0857. The van der Waals surface area contributed by atoms with Crippen molar-refractivity contribution in [3.8, 4) is 0 Å². The number of carbonyl (C=O) groups is 1. The largest absolute Gasteiger partial charge is 0.396 e. The van der Waals surface area contributed by atoms with E-state index in [9.17, 15) is 4.79 Å². The summed E-state index contributed by atoms with van der Waals surface area (Å²) in [5.74, 6) is -0.0535. The fourth-order valence-corrected chi connectivity index (χ4v) is 1.26. The van der Waals surface area contributed by atoms with E-state index in [-0.39, 0.29) is 18.6 Å². The molecule has 0 bridgehead atoms. The van der Waals surface area contributed by atoms with Crippen LogP contribution < -0.4 is 5.32 Å².